The van der Waals surface area contributed by atoms with Crippen LogP contribution in [-0.2, 0) is 12.8 Å². The lowest BCUT2D eigenvalue weighted by molar-refractivity contribution is 0.712. The summed E-state index contributed by atoms with van der Waals surface area (Å²) in [6.07, 6.45) is 6.68. The average Bonchev–Trinajstić information content (AvgIpc) is 2.72. The molecule has 0 N–H and O–H groups in total. The van der Waals surface area contributed by atoms with Crippen LogP contribution in [0.15, 0.2) is 24.3 Å². The molecule has 0 fully saturated rings. The Morgan fingerprint density at radius 1 is 1.05 bits per heavy atom. The first-order valence-electron chi connectivity index (χ1n) is 7.48. The zero-order valence-corrected chi connectivity index (χ0v) is 14.6. The van der Waals surface area contributed by atoms with Crippen molar-refractivity contribution in [3.05, 3.63) is 56.3 Å². The maximum absolute atomic E-state index is 3.94. The van der Waals surface area contributed by atoms with Gasteiger partial charge in [0.25, 0.3) is 0 Å². The Bertz CT molecular complexity index is 588. The van der Waals surface area contributed by atoms with Crippen molar-refractivity contribution in [3.8, 4) is 0 Å². The van der Waals surface area contributed by atoms with E-state index in [0.29, 0.717) is 4.83 Å². The van der Waals surface area contributed by atoms with Gasteiger partial charge in [0.1, 0.15) is 0 Å². The molecule has 3 rings (SSSR count). The van der Waals surface area contributed by atoms with E-state index >= 15 is 0 Å². The molecule has 0 amide bonds. The van der Waals surface area contributed by atoms with E-state index in [1.807, 2.05) is 11.3 Å². The number of halogens is 1. The van der Waals surface area contributed by atoms with Gasteiger partial charge in [-0.3, -0.25) is 0 Å². The van der Waals surface area contributed by atoms with Gasteiger partial charge in [-0.15, -0.1) is 11.3 Å². The highest BCUT2D eigenvalue weighted by Gasteiger charge is 2.19. The zero-order chi connectivity index (χ0) is 14.1. The third-order valence-corrected chi connectivity index (χ3v) is 6.81. The van der Waals surface area contributed by atoms with Crippen molar-refractivity contribution in [1.29, 1.82) is 0 Å². The summed E-state index contributed by atoms with van der Waals surface area (Å²) in [5, 5.41) is 0. The highest BCUT2D eigenvalue weighted by atomic mass is 79.9. The third-order valence-electron chi connectivity index (χ3n) is 4.22. The Hall–Kier alpha value is -0.600. The Morgan fingerprint density at radius 2 is 1.85 bits per heavy atom. The maximum Gasteiger partial charge on any atom is 0.0740 e. The van der Waals surface area contributed by atoms with E-state index in [1.54, 1.807) is 10.4 Å². The number of benzene rings is 1. The molecule has 0 aliphatic heterocycles. The summed E-state index contributed by atoms with van der Waals surface area (Å²) >= 11 is 5.95. The maximum atomic E-state index is 3.94. The van der Waals surface area contributed by atoms with E-state index in [4.69, 9.17) is 0 Å². The van der Waals surface area contributed by atoms with Crippen molar-refractivity contribution in [2.45, 2.75) is 50.8 Å². The molecule has 0 nitrogen and oxygen atoms in total. The van der Waals surface area contributed by atoms with Crippen LogP contribution in [0.5, 0.6) is 0 Å². The fourth-order valence-corrected chi connectivity index (χ4v) is 5.16. The van der Waals surface area contributed by atoms with Gasteiger partial charge in [-0.05, 0) is 62.3 Å². The molecule has 0 saturated heterocycles. The molecule has 0 spiro atoms. The number of rotatable bonds is 2. The minimum atomic E-state index is 0.347. The summed E-state index contributed by atoms with van der Waals surface area (Å²) in [4.78, 5) is 3.46. The van der Waals surface area contributed by atoms with Crippen LogP contribution >= 0.6 is 27.3 Å². The van der Waals surface area contributed by atoms with Crippen molar-refractivity contribution in [2.24, 2.45) is 0 Å². The van der Waals surface area contributed by atoms with Gasteiger partial charge in [-0.2, -0.15) is 0 Å². The van der Waals surface area contributed by atoms with Gasteiger partial charge in [0, 0.05) is 9.75 Å². The second-order valence-electron chi connectivity index (χ2n) is 5.88. The van der Waals surface area contributed by atoms with Crippen LogP contribution in [0.1, 0.15) is 56.1 Å². The summed E-state index contributed by atoms with van der Waals surface area (Å²) < 4.78 is 0. The van der Waals surface area contributed by atoms with Crippen molar-refractivity contribution in [3.63, 3.8) is 0 Å². The fraction of sp³-hybridized carbons (Fsp3) is 0.444. The van der Waals surface area contributed by atoms with E-state index in [-0.39, 0.29) is 0 Å². The van der Waals surface area contributed by atoms with Crippen LogP contribution in [0.25, 0.3) is 0 Å². The third kappa shape index (κ3) is 2.87. The van der Waals surface area contributed by atoms with Crippen molar-refractivity contribution in [2.75, 3.05) is 0 Å². The highest BCUT2D eigenvalue weighted by Crippen LogP contribution is 2.40. The summed E-state index contributed by atoms with van der Waals surface area (Å²) in [5.74, 6) is 0. The Labute approximate surface area is 134 Å². The molecule has 0 saturated carbocycles. The van der Waals surface area contributed by atoms with Crippen LogP contribution < -0.4 is 0 Å². The summed E-state index contributed by atoms with van der Waals surface area (Å²) in [6, 6.07) is 9.20. The largest absolute Gasteiger partial charge is 0.144 e. The molecule has 1 aromatic heterocycles. The molecule has 106 valence electrons. The van der Waals surface area contributed by atoms with Crippen LogP contribution in [0.4, 0.5) is 0 Å². The SMILES string of the molecule is Cc1ccc(C)c(C(Br)c2cc3c(s2)CCCCC3)c1. The summed E-state index contributed by atoms with van der Waals surface area (Å²) in [5.41, 5.74) is 5.74. The Balaban J connectivity index is 1.94. The molecular formula is C18H21BrS. The van der Waals surface area contributed by atoms with Crippen LogP contribution in [0, 0.1) is 13.8 Å². The molecule has 1 atom stereocenters. The van der Waals surface area contributed by atoms with Crippen molar-refractivity contribution < 1.29 is 0 Å². The zero-order valence-electron chi connectivity index (χ0n) is 12.2. The first-order chi connectivity index (χ1) is 9.65. The molecule has 1 aliphatic carbocycles. The standard InChI is InChI=1S/C18H21BrS/c1-12-8-9-13(2)15(10-12)18(19)17-11-14-6-4-3-5-7-16(14)20-17/h8-11,18H,3-7H2,1-2H3. The van der Waals surface area contributed by atoms with Gasteiger partial charge in [0.15, 0.2) is 0 Å². The number of thiophene rings is 1. The van der Waals surface area contributed by atoms with Crippen LogP contribution in [0.3, 0.4) is 0 Å². The molecule has 20 heavy (non-hydrogen) atoms. The van der Waals surface area contributed by atoms with Gasteiger partial charge in [-0.25, -0.2) is 0 Å². The Kier molecular flexibility index (Phi) is 4.32. The molecule has 2 aromatic rings. The molecule has 0 radical (unpaired) electrons. The Morgan fingerprint density at radius 3 is 2.70 bits per heavy atom. The van der Waals surface area contributed by atoms with Gasteiger partial charge in [0.05, 0.1) is 4.83 Å². The van der Waals surface area contributed by atoms with Gasteiger partial charge < -0.3 is 0 Å². The fourth-order valence-electron chi connectivity index (χ4n) is 3.00. The number of alkyl halides is 1. The molecular weight excluding hydrogens is 328 g/mol. The number of hydrogen-bond donors (Lipinski definition) is 0. The van der Waals surface area contributed by atoms with Crippen molar-refractivity contribution in [1.82, 2.24) is 0 Å². The number of fused-ring (bicyclic) bond motifs is 1. The average molecular weight is 349 g/mol. The lowest BCUT2D eigenvalue weighted by atomic mass is 10.0. The molecule has 1 aliphatic rings. The summed E-state index contributed by atoms with van der Waals surface area (Å²) in [6.45, 7) is 4.38. The molecule has 1 aromatic carbocycles. The monoisotopic (exact) mass is 348 g/mol. The van der Waals surface area contributed by atoms with E-state index in [9.17, 15) is 0 Å². The summed E-state index contributed by atoms with van der Waals surface area (Å²) in [7, 11) is 0. The second-order valence-corrected chi connectivity index (χ2v) is 7.96. The molecule has 1 heterocycles. The first kappa shape index (κ1) is 14.3. The van der Waals surface area contributed by atoms with Crippen molar-refractivity contribution >= 4 is 27.3 Å². The predicted molar refractivity (Wildman–Crippen MR) is 92.3 cm³/mol. The smallest absolute Gasteiger partial charge is 0.0740 e. The quantitative estimate of drug-likeness (QED) is 0.453. The lowest BCUT2D eigenvalue weighted by Gasteiger charge is -2.12. The van der Waals surface area contributed by atoms with Crippen LogP contribution in [0.2, 0.25) is 0 Å². The lowest BCUT2D eigenvalue weighted by Crippen LogP contribution is -1.94. The van der Waals surface area contributed by atoms with E-state index in [2.05, 4.69) is 54.0 Å². The number of hydrogen-bond acceptors (Lipinski definition) is 1. The van der Waals surface area contributed by atoms with E-state index in [1.165, 1.54) is 53.7 Å². The first-order valence-corrected chi connectivity index (χ1v) is 9.21. The molecule has 1 unspecified atom stereocenters. The van der Waals surface area contributed by atoms with Gasteiger partial charge in [-0.1, -0.05) is 46.1 Å². The normalized spacial score (nSPS) is 16.6. The highest BCUT2D eigenvalue weighted by molar-refractivity contribution is 9.09. The van der Waals surface area contributed by atoms with E-state index < -0.39 is 0 Å². The molecule has 0 bridgehead atoms. The molecule has 2 heteroatoms. The minimum Gasteiger partial charge on any atom is -0.144 e. The minimum absolute atomic E-state index is 0.347. The van der Waals surface area contributed by atoms with Gasteiger partial charge in [0.2, 0.25) is 0 Å². The topological polar surface area (TPSA) is 0 Å². The van der Waals surface area contributed by atoms with E-state index in [0.717, 1.165) is 0 Å². The predicted octanol–water partition coefficient (Wildman–Crippen LogP) is 6.12. The van der Waals surface area contributed by atoms with Gasteiger partial charge >= 0.3 is 0 Å². The second kappa shape index (κ2) is 6.03. The number of aryl methyl sites for hydroxylation is 4. The van der Waals surface area contributed by atoms with Crippen LogP contribution in [-0.4, -0.2) is 0 Å².